The fourth-order valence-electron chi connectivity index (χ4n) is 4.16. The third-order valence-corrected chi connectivity index (χ3v) is 7.83. The van der Waals surface area contributed by atoms with Crippen LogP contribution in [0.5, 0.6) is 0 Å². The van der Waals surface area contributed by atoms with Gasteiger partial charge in [0.25, 0.3) is 5.56 Å². The van der Waals surface area contributed by atoms with Gasteiger partial charge in [0.1, 0.15) is 16.4 Å². The van der Waals surface area contributed by atoms with Crippen LogP contribution in [0.15, 0.2) is 38.5 Å². The van der Waals surface area contributed by atoms with Crippen LogP contribution in [0.1, 0.15) is 30.1 Å². The first-order chi connectivity index (χ1) is 15.2. The maximum absolute atomic E-state index is 13.1. The zero-order valence-corrected chi connectivity index (χ0v) is 19.0. The first-order valence-electron chi connectivity index (χ1n) is 10.3. The first-order valence-corrected chi connectivity index (χ1v) is 11.8. The lowest BCUT2D eigenvalue weighted by Crippen LogP contribution is -2.46. The lowest BCUT2D eigenvalue weighted by molar-refractivity contribution is -0.136. The number of hydrogen-bond acceptors (Lipinski definition) is 7. The number of fused-ring (bicyclic) bond motifs is 1. The van der Waals surface area contributed by atoms with Crippen molar-refractivity contribution >= 4 is 26.8 Å². The largest absolute Gasteiger partial charge is 0.360 e. The normalized spacial score (nSPS) is 17.5. The summed E-state index contributed by atoms with van der Waals surface area (Å²) in [5.41, 5.74) is 0.599. The Morgan fingerprint density at radius 2 is 2.06 bits per heavy atom. The van der Waals surface area contributed by atoms with Crippen molar-refractivity contribution in [1.82, 2.24) is 24.3 Å². The number of nitrogens with zero attached hydrogens (tertiary/aromatic N) is 4. The van der Waals surface area contributed by atoms with Gasteiger partial charge in [-0.05, 0) is 38.8 Å². The summed E-state index contributed by atoms with van der Waals surface area (Å²) in [6.07, 6.45) is 1.15. The summed E-state index contributed by atoms with van der Waals surface area (Å²) in [5.74, 6) is -0.0735. The highest BCUT2D eigenvalue weighted by Crippen LogP contribution is 2.28. The third-order valence-electron chi connectivity index (χ3n) is 5.72. The molecule has 0 bridgehead atoms. The van der Waals surface area contributed by atoms with Gasteiger partial charge in [0, 0.05) is 20.1 Å². The van der Waals surface area contributed by atoms with Crippen molar-refractivity contribution in [1.29, 1.82) is 0 Å². The van der Waals surface area contributed by atoms with Crippen molar-refractivity contribution in [2.24, 2.45) is 5.92 Å². The van der Waals surface area contributed by atoms with E-state index in [0.29, 0.717) is 41.8 Å². The van der Waals surface area contributed by atoms with E-state index in [0.717, 1.165) is 0 Å². The fraction of sp³-hybridized carbons (Fsp3) is 0.429. The van der Waals surface area contributed by atoms with Crippen LogP contribution in [-0.2, 0) is 21.4 Å². The Bertz CT molecular complexity index is 1310. The Morgan fingerprint density at radius 1 is 1.31 bits per heavy atom. The second-order valence-corrected chi connectivity index (χ2v) is 9.95. The summed E-state index contributed by atoms with van der Waals surface area (Å²) in [7, 11) is -2.19. The minimum Gasteiger partial charge on any atom is -0.360 e. The number of hydrogen-bond donors (Lipinski definition) is 1. The smallest absolute Gasteiger partial charge is 0.258 e. The zero-order chi connectivity index (χ0) is 23.0. The van der Waals surface area contributed by atoms with E-state index in [1.165, 1.54) is 9.21 Å². The molecule has 32 heavy (non-hydrogen) atoms. The topological polar surface area (TPSA) is 129 Å². The number of sulfonamides is 1. The van der Waals surface area contributed by atoms with Crippen molar-refractivity contribution in [2.45, 2.75) is 38.1 Å². The highest BCUT2D eigenvalue weighted by Gasteiger charge is 2.37. The van der Waals surface area contributed by atoms with E-state index >= 15 is 0 Å². The van der Waals surface area contributed by atoms with Gasteiger partial charge in [0.15, 0.2) is 5.76 Å². The van der Waals surface area contributed by atoms with E-state index in [4.69, 9.17) is 4.52 Å². The van der Waals surface area contributed by atoms with Crippen LogP contribution in [0, 0.1) is 19.8 Å². The Labute approximate surface area is 185 Å². The number of benzene rings is 1. The number of nitrogens with one attached hydrogen (secondary N) is 1. The van der Waals surface area contributed by atoms with Crippen LogP contribution in [0.4, 0.5) is 0 Å². The number of carbonyl (C=O) groups excluding carboxylic acids is 1. The van der Waals surface area contributed by atoms with Gasteiger partial charge in [0.2, 0.25) is 15.9 Å². The molecule has 1 atom stereocenters. The second-order valence-electron chi connectivity index (χ2n) is 8.08. The minimum absolute atomic E-state index is 0.0666. The zero-order valence-electron chi connectivity index (χ0n) is 18.2. The van der Waals surface area contributed by atoms with E-state index in [9.17, 15) is 18.0 Å². The molecule has 2 aromatic heterocycles. The van der Waals surface area contributed by atoms with Crippen LogP contribution < -0.4 is 5.56 Å². The molecule has 1 aliphatic heterocycles. The van der Waals surface area contributed by atoms with Crippen LogP contribution in [-0.4, -0.2) is 58.8 Å². The average molecular weight is 460 g/mol. The first kappa shape index (κ1) is 22.2. The van der Waals surface area contributed by atoms with E-state index in [-0.39, 0.29) is 35.2 Å². The average Bonchev–Trinajstić information content (AvgIpc) is 3.12. The van der Waals surface area contributed by atoms with Gasteiger partial charge in [-0.3, -0.25) is 9.59 Å². The molecule has 1 N–H and O–H groups in total. The van der Waals surface area contributed by atoms with Gasteiger partial charge >= 0.3 is 0 Å². The van der Waals surface area contributed by atoms with Gasteiger partial charge in [-0.2, -0.15) is 4.31 Å². The summed E-state index contributed by atoms with van der Waals surface area (Å²) in [5, 5.41) is 4.23. The molecule has 170 valence electrons. The Balaban J connectivity index is 1.50. The Hall–Kier alpha value is -3.05. The molecule has 1 fully saturated rings. The van der Waals surface area contributed by atoms with Crippen LogP contribution >= 0.6 is 0 Å². The summed E-state index contributed by atoms with van der Waals surface area (Å²) in [4.78, 5) is 34.1. The van der Waals surface area contributed by atoms with Crippen molar-refractivity contribution in [3.63, 3.8) is 0 Å². The van der Waals surface area contributed by atoms with Crippen molar-refractivity contribution in [2.75, 3.05) is 20.1 Å². The van der Waals surface area contributed by atoms with Crippen LogP contribution in [0.2, 0.25) is 0 Å². The number of aryl methyl sites for hydroxylation is 2. The second kappa shape index (κ2) is 8.47. The molecule has 0 unspecified atom stereocenters. The summed E-state index contributed by atoms with van der Waals surface area (Å²) >= 11 is 0. The maximum atomic E-state index is 13.1. The molecule has 4 rings (SSSR count). The number of aromatic amines is 1. The fourth-order valence-corrected chi connectivity index (χ4v) is 5.97. The Morgan fingerprint density at radius 3 is 2.78 bits per heavy atom. The molecule has 1 saturated heterocycles. The summed E-state index contributed by atoms with van der Waals surface area (Å²) in [6.45, 7) is 3.67. The molecule has 0 aliphatic carbocycles. The molecule has 10 nitrogen and oxygen atoms in total. The molecule has 1 amide bonds. The Kier molecular flexibility index (Phi) is 5.87. The quantitative estimate of drug-likeness (QED) is 0.613. The van der Waals surface area contributed by atoms with Crippen molar-refractivity contribution < 1.29 is 17.7 Å². The molecule has 0 radical (unpaired) electrons. The molecule has 11 heteroatoms. The maximum Gasteiger partial charge on any atom is 0.258 e. The molecule has 1 aliphatic rings. The number of piperidine rings is 1. The molecule has 0 saturated carbocycles. The number of rotatable bonds is 5. The standard InChI is InChI=1S/C21H25N5O5S/c1-13-19(14(2)31-24-13)32(29,30)26-10-6-7-15(11-26)21(28)25(3)12-18-22-17-9-5-4-8-16(17)20(27)23-18/h4-5,8-9,15H,6-7,10-12H2,1-3H3,(H,22,23,27)/t15-/m1/s1. The minimum atomic E-state index is -3.81. The monoisotopic (exact) mass is 459 g/mol. The van der Waals surface area contributed by atoms with Crippen LogP contribution in [0.25, 0.3) is 10.9 Å². The molecule has 3 aromatic rings. The van der Waals surface area contributed by atoms with E-state index in [2.05, 4.69) is 15.1 Å². The molecule has 3 heterocycles. The number of para-hydroxylation sites is 1. The SMILES string of the molecule is Cc1noc(C)c1S(=O)(=O)N1CCC[C@@H](C(=O)N(C)Cc2nc3ccccc3c(=O)[nH]2)C1. The number of aromatic nitrogens is 3. The highest BCUT2D eigenvalue weighted by atomic mass is 32.2. The predicted molar refractivity (Wildman–Crippen MR) is 116 cm³/mol. The highest BCUT2D eigenvalue weighted by molar-refractivity contribution is 7.89. The van der Waals surface area contributed by atoms with Gasteiger partial charge < -0.3 is 14.4 Å². The number of H-pyrrole nitrogens is 1. The summed E-state index contributed by atoms with van der Waals surface area (Å²) < 4.78 is 32.6. The van der Waals surface area contributed by atoms with Gasteiger partial charge in [-0.25, -0.2) is 13.4 Å². The molecule has 0 spiro atoms. The lowest BCUT2D eigenvalue weighted by Gasteiger charge is -2.33. The van der Waals surface area contributed by atoms with Gasteiger partial charge in [-0.15, -0.1) is 0 Å². The van der Waals surface area contributed by atoms with Crippen molar-refractivity contribution in [3.8, 4) is 0 Å². The van der Waals surface area contributed by atoms with E-state index in [1.807, 2.05) is 0 Å². The lowest BCUT2D eigenvalue weighted by atomic mass is 9.98. The predicted octanol–water partition coefficient (Wildman–Crippen LogP) is 1.59. The number of carbonyl (C=O) groups is 1. The van der Waals surface area contributed by atoms with E-state index < -0.39 is 15.9 Å². The van der Waals surface area contributed by atoms with Crippen LogP contribution in [0.3, 0.4) is 0 Å². The van der Waals surface area contributed by atoms with Gasteiger partial charge in [-0.1, -0.05) is 17.3 Å². The molecular formula is C21H25N5O5S. The van der Waals surface area contributed by atoms with E-state index in [1.54, 1.807) is 45.2 Å². The number of amides is 1. The molecular weight excluding hydrogens is 434 g/mol. The van der Waals surface area contributed by atoms with Crippen molar-refractivity contribution in [3.05, 3.63) is 51.9 Å². The third kappa shape index (κ3) is 4.05. The molecule has 1 aromatic carbocycles. The van der Waals surface area contributed by atoms with Gasteiger partial charge in [0.05, 0.1) is 23.4 Å². The summed E-state index contributed by atoms with van der Waals surface area (Å²) in [6, 6.07) is 6.99.